The normalized spacial score (nSPS) is 12.9. The van der Waals surface area contributed by atoms with Crippen LogP contribution in [0.25, 0.3) is 0 Å². The van der Waals surface area contributed by atoms with Crippen LogP contribution in [-0.4, -0.2) is 37.2 Å². The minimum atomic E-state index is -0.790. The summed E-state index contributed by atoms with van der Waals surface area (Å²) in [5.41, 5.74) is 0. The minimum absolute atomic E-state index is 0.0870. The number of rotatable bonds is 54. The van der Waals surface area contributed by atoms with Crippen LogP contribution >= 0.6 is 0 Å². The fraction of sp³-hybridized carbons (Fsp3) is 0.687. The molecule has 0 aromatic rings. The lowest BCUT2D eigenvalue weighted by atomic mass is 10.1. The number of ether oxygens (including phenoxy) is 3. The Labute approximate surface area is 450 Å². The van der Waals surface area contributed by atoms with E-state index in [4.69, 9.17) is 14.2 Å². The van der Waals surface area contributed by atoms with Crippen molar-refractivity contribution in [1.29, 1.82) is 0 Å². The highest BCUT2D eigenvalue weighted by molar-refractivity contribution is 5.71. The van der Waals surface area contributed by atoms with Crippen molar-refractivity contribution in [3.8, 4) is 0 Å². The van der Waals surface area contributed by atoms with E-state index in [1.807, 2.05) is 0 Å². The Morgan fingerprint density at radius 2 is 0.534 bits per heavy atom. The molecule has 0 aliphatic heterocycles. The van der Waals surface area contributed by atoms with Gasteiger partial charge in [0.1, 0.15) is 13.2 Å². The Balaban J connectivity index is 4.30. The molecular weight excluding hydrogens is 901 g/mol. The molecule has 1 atom stereocenters. The number of carbonyl (C=O) groups excluding carboxylic acids is 3. The van der Waals surface area contributed by atoms with Crippen molar-refractivity contribution in [3.05, 3.63) is 109 Å². The summed E-state index contributed by atoms with van der Waals surface area (Å²) in [5.74, 6) is -0.917. The summed E-state index contributed by atoms with van der Waals surface area (Å²) < 4.78 is 16.8. The van der Waals surface area contributed by atoms with E-state index in [0.29, 0.717) is 19.3 Å². The summed E-state index contributed by atoms with van der Waals surface area (Å²) in [6.45, 7) is 6.48. The van der Waals surface area contributed by atoms with Gasteiger partial charge in [-0.25, -0.2) is 0 Å². The number of carbonyl (C=O) groups is 3. The number of hydrogen-bond acceptors (Lipinski definition) is 6. The first kappa shape index (κ1) is 69.1. The van der Waals surface area contributed by atoms with Crippen LogP contribution in [0.15, 0.2) is 109 Å². The van der Waals surface area contributed by atoms with Gasteiger partial charge in [-0.1, -0.05) is 259 Å². The molecule has 0 amide bonds. The second kappa shape index (κ2) is 60.6. The summed E-state index contributed by atoms with van der Waals surface area (Å²) in [7, 11) is 0. The zero-order valence-corrected chi connectivity index (χ0v) is 47.6. The number of unbranched alkanes of at least 4 members (excludes halogenated alkanes) is 25. The molecular formula is C67H112O6. The summed E-state index contributed by atoms with van der Waals surface area (Å²) in [6, 6.07) is 0. The largest absolute Gasteiger partial charge is 0.462 e. The third-order valence-corrected chi connectivity index (χ3v) is 12.8. The van der Waals surface area contributed by atoms with Gasteiger partial charge in [0.2, 0.25) is 0 Å². The van der Waals surface area contributed by atoms with Gasteiger partial charge in [0.15, 0.2) is 6.10 Å². The first-order valence-electron chi connectivity index (χ1n) is 30.4. The van der Waals surface area contributed by atoms with Crippen molar-refractivity contribution >= 4 is 17.9 Å². The highest BCUT2D eigenvalue weighted by atomic mass is 16.6. The van der Waals surface area contributed by atoms with E-state index in [9.17, 15) is 14.4 Å². The molecule has 0 radical (unpaired) electrons. The topological polar surface area (TPSA) is 78.9 Å². The van der Waals surface area contributed by atoms with Gasteiger partial charge < -0.3 is 14.2 Å². The summed E-state index contributed by atoms with van der Waals surface area (Å²) in [6.07, 6.45) is 82.4. The van der Waals surface area contributed by atoms with Gasteiger partial charge in [0, 0.05) is 19.3 Å². The number of esters is 3. The van der Waals surface area contributed by atoms with Crippen molar-refractivity contribution in [1.82, 2.24) is 0 Å². The van der Waals surface area contributed by atoms with E-state index < -0.39 is 6.10 Å². The van der Waals surface area contributed by atoms with Crippen LogP contribution in [0.5, 0.6) is 0 Å². The Kier molecular flexibility index (Phi) is 57.4. The fourth-order valence-corrected chi connectivity index (χ4v) is 8.22. The maximum Gasteiger partial charge on any atom is 0.306 e. The Morgan fingerprint density at radius 3 is 0.849 bits per heavy atom. The lowest BCUT2D eigenvalue weighted by molar-refractivity contribution is -0.167. The molecule has 0 fully saturated rings. The van der Waals surface area contributed by atoms with E-state index in [1.54, 1.807) is 0 Å². The first-order chi connectivity index (χ1) is 36.0. The van der Waals surface area contributed by atoms with Gasteiger partial charge in [0.05, 0.1) is 0 Å². The van der Waals surface area contributed by atoms with Crippen LogP contribution in [0, 0.1) is 0 Å². The van der Waals surface area contributed by atoms with Gasteiger partial charge in [-0.2, -0.15) is 0 Å². The van der Waals surface area contributed by atoms with Gasteiger partial charge in [-0.15, -0.1) is 0 Å². The molecule has 0 aromatic heterocycles. The van der Waals surface area contributed by atoms with Gasteiger partial charge in [0.25, 0.3) is 0 Å². The monoisotopic (exact) mass is 1010 g/mol. The molecule has 1 unspecified atom stereocenters. The van der Waals surface area contributed by atoms with E-state index in [-0.39, 0.29) is 31.1 Å². The molecule has 0 spiro atoms. The zero-order chi connectivity index (χ0) is 52.9. The van der Waals surface area contributed by atoms with Gasteiger partial charge in [-0.05, 0) is 109 Å². The third kappa shape index (κ3) is 58.8. The Morgan fingerprint density at radius 1 is 0.288 bits per heavy atom. The highest BCUT2D eigenvalue weighted by Gasteiger charge is 2.19. The molecule has 73 heavy (non-hydrogen) atoms. The van der Waals surface area contributed by atoms with E-state index >= 15 is 0 Å². The Bertz CT molecular complexity index is 1490. The van der Waals surface area contributed by atoms with Crippen LogP contribution in [0.2, 0.25) is 0 Å². The van der Waals surface area contributed by atoms with Crippen LogP contribution in [0.3, 0.4) is 0 Å². The molecule has 0 rings (SSSR count). The van der Waals surface area contributed by atoms with E-state index in [1.165, 1.54) is 116 Å². The van der Waals surface area contributed by atoms with Crippen molar-refractivity contribution < 1.29 is 28.6 Å². The third-order valence-electron chi connectivity index (χ3n) is 12.8. The smallest absolute Gasteiger partial charge is 0.306 e. The lowest BCUT2D eigenvalue weighted by Crippen LogP contribution is -2.30. The average molecular weight is 1010 g/mol. The predicted molar refractivity (Wildman–Crippen MR) is 316 cm³/mol. The van der Waals surface area contributed by atoms with E-state index in [0.717, 1.165) is 122 Å². The molecule has 0 aliphatic carbocycles. The molecule has 0 N–H and O–H groups in total. The summed E-state index contributed by atoms with van der Waals surface area (Å²) in [4.78, 5) is 38.1. The fourth-order valence-electron chi connectivity index (χ4n) is 8.22. The van der Waals surface area contributed by atoms with E-state index in [2.05, 4.69) is 130 Å². The molecule has 0 bridgehead atoms. The second-order valence-corrected chi connectivity index (χ2v) is 19.9. The van der Waals surface area contributed by atoms with Gasteiger partial charge in [-0.3, -0.25) is 14.4 Å². The first-order valence-corrected chi connectivity index (χ1v) is 30.4. The molecule has 0 aliphatic rings. The molecule has 6 heteroatoms. The summed E-state index contributed by atoms with van der Waals surface area (Å²) >= 11 is 0. The number of hydrogen-bond donors (Lipinski definition) is 0. The molecule has 0 aromatic carbocycles. The van der Waals surface area contributed by atoms with Crippen molar-refractivity contribution in [2.24, 2.45) is 0 Å². The standard InChI is InChI=1S/C67H112O6/c1-4-7-10-13-16-19-21-23-25-27-28-29-30-31-32-33-34-35-36-37-38-40-41-43-45-48-51-54-57-60-66(69)72-63-64(62-71-65(68)59-56-53-50-47-18-15-12-9-6-3)73-67(70)61-58-55-52-49-46-44-42-39-26-24-22-20-17-14-11-8-5-2/h7,10,16,19,23-26,28-29,31-32,34-35,37-38,41,43,64H,4-6,8-9,11-15,17-18,20-22,27,30,33,36,39-40,42,44-63H2,1-3H3/b10-7-,19-16-,25-23-,26-24-,29-28-,32-31-,35-34-,38-37-,43-41-. The van der Waals surface area contributed by atoms with Crippen molar-refractivity contribution in [2.75, 3.05) is 13.2 Å². The van der Waals surface area contributed by atoms with Crippen molar-refractivity contribution in [2.45, 2.75) is 284 Å². The molecule has 0 heterocycles. The quantitative estimate of drug-likeness (QED) is 0.0261. The molecule has 0 saturated carbocycles. The SMILES string of the molecule is CC/C=C\C/C=C\C/C=C\C/C=C\C/C=C\C/C=C\C/C=C\C/C=C\CCCCCCC(=O)OCC(COC(=O)CCCCCCCCCCC)OC(=O)CCCCCCCCC/C=C\CCCCCCCC. The Hall–Kier alpha value is -3.93. The zero-order valence-electron chi connectivity index (χ0n) is 47.6. The molecule has 416 valence electrons. The maximum atomic E-state index is 12.8. The maximum absolute atomic E-state index is 12.8. The van der Waals surface area contributed by atoms with Crippen LogP contribution in [0.1, 0.15) is 278 Å². The summed E-state index contributed by atoms with van der Waals surface area (Å²) in [5, 5.41) is 0. The molecule has 0 saturated heterocycles. The minimum Gasteiger partial charge on any atom is -0.462 e. The number of allylic oxidation sites excluding steroid dienone is 18. The van der Waals surface area contributed by atoms with Crippen LogP contribution in [0.4, 0.5) is 0 Å². The van der Waals surface area contributed by atoms with Crippen molar-refractivity contribution in [3.63, 3.8) is 0 Å². The average Bonchev–Trinajstić information content (AvgIpc) is 3.39. The lowest BCUT2D eigenvalue weighted by Gasteiger charge is -2.18. The van der Waals surface area contributed by atoms with Crippen LogP contribution in [-0.2, 0) is 28.6 Å². The second-order valence-electron chi connectivity index (χ2n) is 19.9. The van der Waals surface area contributed by atoms with Gasteiger partial charge >= 0.3 is 17.9 Å². The van der Waals surface area contributed by atoms with Crippen LogP contribution < -0.4 is 0 Å². The molecule has 6 nitrogen and oxygen atoms in total. The highest BCUT2D eigenvalue weighted by Crippen LogP contribution is 2.15. The predicted octanol–water partition coefficient (Wildman–Crippen LogP) is 20.7.